The van der Waals surface area contributed by atoms with Crippen molar-refractivity contribution in [2.45, 2.75) is 24.8 Å². The molecular weight excluding hydrogens is 306 g/mol. The van der Waals surface area contributed by atoms with Crippen molar-refractivity contribution in [3.05, 3.63) is 70.7 Å². The summed E-state index contributed by atoms with van der Waals surface area (Å²) in [5, 5.41) is 0.747. The summed E-state index contributed by atoms with van der Waals surface area (Å²) in [5.41, 5.74) is 2.23. The van der Waals surface area contributed by atoms with Crippen LogP contribution in [-0.4, -0.2) is 29.8 Å². The van der Waals surface area contributed by atoms with E-state index in [-0.39, 0.29) is 17.9 Å². The van der Waals surface area contributed by atoms with Gasteiger partial charge in [0.2, 0.25) is 0 Å². The molecule has 0 aliphatic carbocycles. The maximum atomic E-state index is 13.0. The molecule has 3 aliphatic rings. The molecule has 3 heterocycles. The highest BCUT2D eigenvalue weighted by atomic mass is 35.5. The number of hydrogen-bond donors (Lipinski definition) is 0. The largest absolute Gasteiger partial charge is 0.298 e. The summed E-state index contributed by atoms with van der Waals surface area (Å²) in [6.45, 7) is 2.05. The van der Waals surface area contributed by atoms with Gasteiger partial charge >= 0.3 is 0 Å². The Hall–Kier alpha value is -1.64. The van der Waals surface area contributed by atoms with Gasteiger partial charge in [0.05, 0.1) is 6.04 Å². The Labute approximate surface area is 142 Å². The van der Waals surface area contributed by atoms with Gasteiger partial charge in [-0.05, 0) is 43.1 Å². The van der Waals surface area contributed by atoms with Crippen LogP contribution in [0.1, 0.15) is 29.9 Å². The number of ketones is 1. The number of benzene rings is 2. The maximum Gasteiger partial charge on any atom is 0.154 e. The van der Waals surface area contributed by atoms with Crippen LogP contribution in [0, 0.1) is 5.92 Å². The quantitative estimate of drug-likeness (QED) is 0.845. The first-order valence-electron chi connectivity index (χ1n) is 8.33. The minimum atomic E-state index is -0.0789. The van der Waals surface area contributed by atoms with Crippen molar-refractivity contribution in [1.82, 2.24) is 4.90 Å². The summed E-state index contributed by atoms with van der Waals surface area (Å²) in [6, 6.07) is 18.2. The zero-order valence-corrected chi connectivity index (χ0v) is 13.7. The molecule has 2 aromatic rings. The third-order valence-corrected chi connectivity index (χ3v) is 5.68. The standard InChI is InChI=1S/C20H20ClNO/c21-17-9-5-4-8-16(17)18(14-6-2-1-3-7-14)19-20(23)15-10-12-22(19)13-11-15/h1-9,15,18-19H,10-13H2. The van der Waals surface area contributed by atoms with Gasteiger partial charge in [-0.2, -0.15) is 0 Å². The first-order valence-corrected chi connectivity index (χ1v) is 8.70. The van der Waals surface area contributed by atoms with E-state index in [1.165, 1.54) is 5.56 Å². The van der Waals surface area contributed by atoms with Crippen LogP contribution in [0.25, 0.3) is 0 Å². The average molecular weight is 326 g/mol. The summed E-state index contributed by atoms with van der Waals surface area (Å²) in [7, 11) is 0. The Morgan fingerprint density at radius 3 is 2.26 bits per heavy atom. The summed E-state index contributed by atoms with van der Waals surface area (Å²) >= 11 is 6.51. The summed E-state index contributed by atoms with van der Waals surface area (Å²) in [6.07, 6.45) is 2.03. The normalized spacial score (nSPS) is 27.9. The molecule has 2 bridgehead atoms. The fourth-order valence-corrected chi connectivity index (χ4v) is 4.43. The van der Waals surface area contributed by atoms with E-state index in [0.717, 1.165) is 36.5 Å². The van der Waals surface area contributed by atoms with Gasteiger partial charge in [-0.3, -0.25) is 9.69 Å². The number of carbonyl (C=O) groups excluding carboxylic acids is 1. The van der Waals surface area contributed by atoms with E-state index in [4.69, 9.17) is 11.6 Å². The van der Waals surface area contributed by atoms with Gasteiger partial charge in [-0.1, -0.05) is 60.1 Å². The van der Waals surface area contributed by atoms with Crippen LogP contribution in [0.15, 0.2) is 54.6 Å². The van der Waals surface area contributed by atoms with Crippen LogP contribution in [0.5, 0.6) is 0 Å². The highest BCUT2D eigenvalue weighted by Crippen LogP contribution is 2.41. The molecule has 118 valence electrons. The lowest BCUT2D eigenvalue weighted by molar-refractivity contribution is -0.137. The van der Waals surface area contributed by atoms with Crippen LogP contribution < -0.4 is 0 Å². The smallest absolute Gasteiger partial charge is 0.154 e. The van der Waals surface area contributed by atoms with Gasteiger partial charge in [-0.15, -0.1) is 0 Å². The van der Waals surface area contributed by atoms with Gasteiger partial charge < -0.3 is 0 Å². The van der Waals surface area contributed by atoms with E-state index in [9.17, 15) is 4.79 Å². The highest BCUT2D eigenvalue weighted by molar-refractivity contribution is 6.31. The molecule has 5 rings (SSSR count). The monoisotopic (exact) mass is 325 g/mol. The van der Waals surface area contributed by atoms with E-state index in [2.05, 4.69) is 23.1 Å². The summed E-state index contributed by atoms with van der Waals surface area (Å²) in [4.78, 5) is 15.4. The number of fused-ring (bicyclic) bond motifs is 3. The number of carbonyl (C=O) groups is 1. The molecule has 0 saturated carbocycles. The number of piperidine rings is 3. The molecule has 0 amide bonds. The molecule has 3 fully saturated rings. The van der Waals surface area contributed by atoms with Gasteiger partial charge in [0, 0.05) is 16.9 Å². The minimum absolute atomic E-state index is 0.0144. The van der Waals surface area contributed by atoms with Crippen molar-refractivity contribution >= 4 is 17.4 Å². The molecule has 23 heavy (non-hydrogen) atoms. The highest BCUT2D eigenvalue weighted by Gasteiger charge is 2.45. The lowest BCUT2D eigenvalue weighted by atomic mass is 9.73. The van der Waals surface area contributed by atoms with E-state index in [1.54, 1.807) is 0 Å². The molecule has 2 aromatic carbocycles. The second-order valence-corrected chi connectivity index (χ2v) is 6.97. The Kier molecular flexibility index (Phi) is 3.96. The van der Waals surface area contributed by atoms with Crippen LogP contribution in [0.3, 0.4) is 0 Å². The fourth-order valence-electron chi connectivity index (χ4n) is 4.18. The molecule has 0 N–H and O–H groups in total. The second kappa shape index (κ2) is 6.10. The minimum Gasteiger partial charge on any atom is -0.298 e. The first-order chi connectivity index (χ1) is 11.3. The molecule has 2 unspecified atom stereocenters. The van der Waals surface area contributed by atoms with Crippen LogP contribution in [0.4, 0.5) is 0 Å². The van der Waals surface area contributed by atoms with E-state index in [1.807, 2.05) is 36.4 Å². The van der Waals surface area contributed by atoms with E-state index < -0.39 is 0 Å². The molecule has 0 radical (unpaired) electrons. The van der Waals surface area contributed by atoms with Gasteiger partial charge in [0.1, 0.15) is 0 Å². The predicted molar refractivity (Wildman–Crippen MR) is 92.8 cm³/mol. The Morgan fingerprint density at radius 1 is 0.957 bits per heavy atom. The van der Waals surface area contributed by atoms with E-state index in [0.29, 0.717) is 5.78 Å². The first kappa shape index (κ1) is 14.9. The van der Waals surface area contributed by atoms with Gasteiger partial charge in [-0.25, -0.2) is 0 Å². The predicted octanol–water partition coefficient (Wildman–Crippen LogP) is 4.14. The fraction of sp³-hybridized carbons (Fsp3) is 0.350. The second-order valence-electron chi connectivity index (χ2n) is 6.57. The van der Waals surface area contributed by atoms with Crippen molar-refractivity contribution in [3.63, 3.8) is 0 Å². The Balaban J connectivity index is 1.83. The number of hydrogen-bond acceptors (Lipinski definition) is 2. The zero-order chi connectivity index (χ0) is 15.8. The summed E-state index contributed by atoms with van der Waals surface area (Å²) in [5.74, 6) is 0.649. The Bertz CT molecular complexity index is 707. The number of Topliss-reactive ketones (excluding diaryl/α,β-unsaturated/α-hetero) is 1. The molecule has 2 nitrogen and oxygen atoms in total. The van der Waals surface area contributed by atoms with Crippen LogP contribution in [0.2, 0.25) is 5.02 Å². The van der Waals surface area contributed by atoms with Gasteiger partial charge in [0.15, 0.2) is 5.78 Å². The maximum absolute atomic E-state index is 13.0. The van der Waals surface area contributed by atoms with Crippen LogP contribution in [-0.2, 0) is 4.79 Å². The molecular formula is C20H20ClNO. The van der Waals surface area contributed by atoms with Gasteiger partial charge in [0.25, 0.3) is 0 Å². The SMILES string of the molecule is O=C1C2CCN(CC2)C1C(c1ccccc1)c1ccccc1Cl. The zero-order valence-electron chi connectivity index (χ0n) is 13.0. The molecule has 0 spiro atoms. The van der Waals surface area contributed by atoms with Crippen molar-refractivity contribution < 1.29 is 4.79 Å². The lowest BCUT2D eigenvalue weighted by Crippen LogP contribution is -2.57. The lowest BCUT2D eigenvalue weighted by Gasteiger charge is -2.47. The summed E-state index contributed by atoms with van der Waals surface area (Å²) < 4.78 is 0. The third kappa shape index (κ3) is 2.60. The topological polar surface area (TPSA) is 20.3 Å². The van der Waals surface area contributed by atoms with Crippen molar-refractivity contribution in [2.75, 3.05) is 13.1 Å². The molecule has 0 aromatic heterocycles. The van der Waals surface area contributed by atoms with Crippen molar-refractivity contribution in [3.8, 4) is 0 Å². The van der Waals surface area contributed by atoms with Crippen molar-refractivity contribution in [1.29, 1.82) is 0 Å². The molecule has 3 aliphatic heterocycles. The number of nitrogens with zero attached hydrogens (tertiary/aromatic N) is 1. The number of rotatable bonds is 3. The molecule has 3 saturated heterocycles. The third-order valence-electron chi connectivity index (χ3n) is 5.33. The van der Waals surface area contributed by atoms with Crippen LogP contribution >= 0.6 is 11.6 Å². The van der Waals surface area contributed by atoms with Crippen molar-refractivity contribution in [2.24, 2.45) is 5.92 Å². The molecule has 2 atom stereocenters. The molecule has 3 heteroatoms. The van der Waals surface area contributed by atoms with E-state index >= 15 is 0 Å². The average Bonchev–Trinajstić information content (AvgIpc) is 2.60. The number of halogens is 1. The Morgan fingerprint density at radius 2 is 1.61 bits per heavy atom.